The number of carbonyl (C=O) groups excluding carboxylic acids is 3. The predicted molar refractivity (Wildman–Crippen MR) is 330 cm³/mol. The van der Waals surface area contributed by atoms with E-state index >= 15 is 0 Å². The van der Waals surface area contributed by atoms with Gasteiger partial charge in [-0.2, -0.15) is 0 Å². The van der Waals surface area contributed by atoms with Crippen LogP contribution in [0.1, 0.15) is 348 Å². The van der Waals surface area contributed by atoms with Gasteiger partial charge in [-0.1, -0.05) is 306 Å². The number of unbranched alkanes of at least 4 members (excludes halogenated alkanes) is 40. The van der Waals surface area contributed by atoms with Crippen molar-refractivity contribution in [2.45, 2.75) is 354 Å². The number of carbonyl (C=O) groups is 3. The van der Waals surface area contributed by atoms with Crippen molar-refractivity contribution in [1.82, 2.24) is 0 Å². The van der Waals surface area contributed by atoms with Gasteiger partial charge in [0.2, 0.25) is 0 Å². The summed E-state index contributed by atoms with van der Waals surface area (Å²) in [6.07, 6.45) is 82.3. The normalized spacial score (nSPS) is 12.4. The largest absolute Gasteiger partial charge is 0.462 e. The molecule has 1 unspecified atom stereocenters. The molecule has 0 aromatic heterocycles. The fourth-order valence-electron chi connectivity index (χ4n) is 9.79. The van der Waals surface area contributed by atoms with Crippen LogP contribution in [0.3, 0.4) is 0 Å². The third-order valence-electron chi connectivity index (χ3n) is 14.8. The molecule has 0 N–H and O–H groups in total. The van der Waals surface area contributed by atoms with Gasteiger partial charge in [0.15, 0.2) is 6.10 Å². The second kappa shape index (κ2) is 64.6. The summed E-state index contributed by atoms with van der Waals surface area (Å²) in [7, 11) is 0. The standard InChI is InChI=1S/C70H126O6/c1-4-7-10-13-16-19-22-25-28-30-32-34-35-37-38-40-42-45-48-51-54-57-60-63-69(72)75-66-67(65-74-68(71)62-59-56-53-50-47-44-27-24-21-18-15-12-9-6-3)76-70(73)64-61-58-55-52-49-46-43-41-39-36-33-31-29-26-23-20-17-14-11-8-5-2/h8,11,17,20,24,26-27,29,33,36,67H,4-7,9-10,12-16,18-19,21-23,25,28,30-32,34-35,37-66H2,1-3H3/b11-8-,20-17-,27-24-,29-26-,36-33-. The Morgan fingerprint density at radius 1 is 0.276 bits per heavy atom. The first-order chi connectivity index (χ1) is 37.5. The minimum atomic E-state index is -0.782. The molecule has 0 aromatic carbocycles. The van der Waals surface area contributed by atoms with E-state index in [1.54, 1.807) is 0 Å². The first-order valence-electron chi connectivity index (χ1n) is 33.3. The van der Waals surface area contributed by atoms with Crippen molar-refractivity contribution in [2.75, 3.05) is 13.2 Å². The summed E-state index contributed by atoms with van der Waals surface area (Å²) < 4.78 is 17.0. The van der Waals surface area contributed by atoms with Crippen molar-refractivity contribution >= 4 is 17.9 Å². The molecule has 0 fully saturated rings. The van der Waals surface area contributed by atoms with Gasteiger partial charge in [-0.3, -0.25) is 14.4 Å². The van der Waals surface area contributed by atoms with E-state index in [1.807, 2.05) is 0 Å². The topological polar surface area (TPSA) is 78.9 Å². The van der Waals surface area contributed by atoms with Crippen molar-refractivity contribution in [2.24, 2.45) is 0 Å². The number of hydrogen-bond donors (Lipinski definition) is 0. The van der Waals surface area contributed by atoms with Gasteiger partial charge in [-0.05, 0) is 83.5 Å². The van der Waals surface area contributed by atoms with E-state index in [2.05, 4.69) is 81.5 Å². The number of ether oxygens (including phenoxy) is 3. The van der Waals surface area contributed by atoms with E-state index in [0.29, 0.717) is 19.3 Å². The Morgan fingerprint density at radius 2 is 0.513 bits per heavy atom. The summed E-state index contributed by atoms with van der Waals surface area (Å²) in [6.45, 7) is 6.56. The van der Waals surface area contributed by atoms with Gasteiger partial charge in [0, 0.05) is 19.3 Å². The van der Waals surface area contributed by atoms with Crippen LogP contribution >= 0.6 is 0 Å². The molecule has 6 nitrogen and oxygen atoms in total. The van der Waals surface area contributed by atoms with Crippen LogP contribution < -0.4 is 0 Å². The molecule has 0 rings (SSSR count). The zero-order valence-corrected chi connectivity index (χ0v) is 50.8. The van der Waals surface area contributed by atoms with Crippen molar-refractivity contribution < 1.29 is 28.6 Å². The highest BCUT2D eigenvalue weighted by Crippen LogP contribution is 2.18. The molecule has 76 heavy (non-hydrogen) atoms. The third-order valence-corrected chi connectivity index (χ3v) is 14.8. The highest BCUT2D eigenvalue weighted by Gasteiger charge is 2.19. The molecule has 0 heterocycles. The quantitative estimate of drug-likeness (QED) is 0.0261. The van der Waals surface area contributed by atoms with Crippen LogP contribution in [-0.2, 0) is 28.6 Å². The fourth-order valence-corrected chi connectivity index (χ4v) is 9.79. The van der Waals surface area contributed by atoms with Gasteiger partial charge < -0.3 is 14.2 Å². The lowest BCUT2D eigenvalue weighted by Gasteiger charge is -2.18. The summed E-state index contributed by atoms with van der Waals surface area (Å²) in [4.78, 5) is 38.4. The Bertz CT molecular complexity index is 1360. The predicted octanol–water partition coefficient (Wildman–Crippen LogP) is 22.7. The molecule has 1 atom stereocenters. The van der Waals surface area contributed by atoms with Gasteiger partial charge in [0.25, 0.3) is 0 Å². The summed E-state index contributed by atoms with van der Waals surface area (Å²) in [6, 6.07) is 0. The second-order valence-corrected chi connectivity index (χ2v) is 22.4. The molecule has 0 saturated heterocycles. The van der Waals surface area contributed by atoms with E-state index in [-0.39, 0.29) is 31.1 Å². The summed E-state index contributed by atoms with van der Waals surface area (Å²) in [5.74, 6) is -0.873. The highest BCUT2D eigenvalue weighted by atomic mass is 16.6. The van der Waals surface area contributed by atoms with Gasteiger partial charge >= 0.3 is 17.9 Å². The van der Waals surface area contributed by atoms with E-state index < -0.39 is 6.10 Å². The maximum absolute atomic E-state index is 12.9. The zero-order chi connectivity index (χ0) is 55.0. The van der Waals surface area contributed by atoms with Gasteiger partial charge in [0.05, 0.1) is 0 Å². The molecule has 0 aromatic rings. The third kappa shape index (κ3) is 62.0. The van der Waals surface area contributed by atoms with Crippen LogP contribution in [0, 0.1) is 0 Å². The number of allylic oxidation sites excluding steroid dienone is 10. The van der Waals surface area contributed by atoms with Crippen LogP contribution in [0.5, 0.6) is 0 Å². The van der Waals surface area contributed by atoms with Gasteiger partial charge in [-0.25, -0.2) is 0 Å². The van der Waals surface area contributed by atoms with Crippen LogP contribution in [0.2, 0.25) is 0 Å². The Labute approximate surface area is 472 Å². The van der Waals surface area contributed by atoms with Gasteiger partial charge in [0.1, 0.15) is 13.2 Å². The molecule has 6 heteroatoms. The molecule has 0 spiro atoms. The molecule has 0 aliphatic carbocycles. The maximum Gasteiger partial charge on any atom is 0.306 e. The Kier molecular flexibility index (Phi) is 62.2. The van der Waals surface area contributed by atoms with Crippen molar-refractivity contribution in [3.8, 4) is 0 Å². The van der Waals surface area contributed by atoms with E-state index in [9.17, 15) is 14.4 Å². The number of rotatable bonds is 61. The van der Waals surface area contributed by atoms with Gasteiger partial charge in [-0.15, -0.1) is 0 Å². The van der Waals surface area contributed by atoms with Crippen molar-refractivity contribution in [1.29, 1.82) is 0 Å². The Morgan fingerprint density at radius 3 is 0.816 bits per heavy atom. The van der Waals surface area contributed by atoms with Crippen LogP contribution in [-0.4, -0.2) is 37.2 Å². The molecule has 0 saturated carbocycles. The summed E-state index contributed by atoms with van der Waals surface area (Å²) >= 11 is 0. The molecular formula is C70H126O6. The SMILES string of the molecule is CC/C=C\C/C=C\C/C=C\C/C=C\CCCCCCCCCCC(=O)OC(COC(=O)CCCCCCC/C=C\CCCCCCC)COC(=O)CCCCCCCCCCCCCCCCCCCCCCCCC. The molecule has 442 valence electrons. The molecule has 0 aliphatic rings. The van der Waals surface area contributed by atoms with Crippen LogP contribution in [0.25, 0.3) is 0 Å². The number of hydrogen-bond acceptors (Lipinski definition) is 6. The van der Waals surface area contributed by atoms with Crippen molar-refractivity contribution in [3.63, 3.8) is 0 Å². The van der Waals surface area contributed by atoms with E-state index in [0.717, 1.165) is 96.3 Å². The molecular weight excluding hydrogens is 937 g/mol. The maximum atomic E-state index is 12.9. The van der Waals surface area contributed by atoms with E-state index in [4.69, 9.17) is 14.2 Å². The highest BCUT2D eigenvalue weighted by molar-refractivity contribution is 5.71. The van der Waals surface area contributed by atoms with Crippen LogP contribution in [0.4, 0.5) is 0 Å². The minimum absolute atomic E-state index is 0.0766. The lowest BCUT2D eigenvalue weighted by atomic mass is 10.0. The molecule has 0 amide bonds. The van der Waals surface area contributed by atoms with Crippen molar-refractivity contribution in [3.05, 3.63) is 60.8 Å². The van der Waals surface area contributed by atoms with Crippen LogP contribution in [0.15, 0.2) is 60.8 Å². The summed E-state index contributed by atoms with van der Waals surface area (Å²) in [5, 5.41) is 0. The molecule has 0 bridgehead atoms. The molecule has 0 aliphatic heterocycles. The molecule has 0 radical (unpaired) electrons. The smallest absolute Gasteiger partial charge is 0.306 e. The Balaban J connectivity index is 4.31. The lowest BCUT2D eigenvalue weighted by Crippen LogP contribution is -2.30. The average Bonchev–Trinajstić information content (AvgIpc) is 3.42. The Hall–Kier alpha value is -2.89. The fraction of sp³-hybridized carbons (Fsp3) is 0.814. The summed E-state index contributed by atoms with van der Waals surface area (Å²) in [5.41, 5.74) is 0. The van der Waals surface area contributed by atoms with E-state index in [1.165, 1.54) is 212 Å². The first kappa shape index (κ1) is 73.1. The average molecular weight is 1060 g/mol. The first-order valence-corrected chi connectivity index (χ1v) is 33.3. The monoisotopic (exact) mass is 1060 g/mol. The minimum Gasteiger partial charge on any atom is -0.462 e. The lowest BCUT2D eigenvalue weighted by molar-refractivity contribution is -0.167. The second-order valence-electron chi connectivity index (χ2n) is 22.4. The number of esters is 3. The zero-order valence-electron chi connectivity index (χ0n) is 50.8.